The first kappa shape index (κ1) is 9.77. The minimum Gasteiger partial charge on any atom is -0.336 e. The van der Waals surface area contributed by atoms with Gasteiger partial charge in [-0.2, -0.15) is 0 Å². The highest BCUT2D eigenvalue weighted by molar-refractivity contribution is 5.76. The smallest absolute Gasteiger partial charge is 0.317 e. The summed E-state index contributed by atoms with van der Waals surface area (Å²) in [4.78, 5) is 13.1. The van der Waals surface area contributed by atoms with Crippen LogP contribution in [-0.2, 0) is 0 Å². The summed E-state index contributed by atoms with van der Waals surface area (Å²) >= 11 is 0. The molecule has 2 rings (SSSR count). The van der Waals surface area contributed by atoms with Gasteiger partial charge in [0.1, 0.15) is 0 Å². The third-order valence-corrected chi connectivity index (χ3v) is 3.12. The third kappa shape index (κ3) is 2.38. The summed E-state index contributed by atoms with van der Waals surface area (Å²) in [6.45, 7) is 5.66. The molecule has 0 aromatic rings. The summed E-state index contributed by atoms with van der Waals surface area (Å²) in [7, 11) is 0. The number of amides is 2. The zero-order chi connectivity index (χ0) is 9.97. The molecule has 4 heteroatoms. The van der Waals surface area contributed by atoms with E-state index < -0.39 is 0 Å². The van der Waals surface area contributed by atoms with Crippen LogP contribution in [0.1, 0.15) is 19.8 Å². The highest BCUT2D eigenvalue weighted by Crippen LogP contribution is 2.32. The molecule has 2 aliphatic rings. The fourth-order valence-corrected chi connectivity index (χ4v) is 1.91. The summed E-state index contributed by atoms with van der Waals surface area (Å²) in [6.07, 6.45) is 2.75. The molecule has 0 bridgehead atoms. The number of hydrogen-bond acceptors (Lipinski definition) is 2. The molecule has 1 heterocycles. The molecular weight excluding hydrogens is 178 g/mol. The van der Waals surface area contributed by atoms with Gasteiger partial charge in [0.15, 0.2) is 0 Å². The van der Waals surface area contributed by atoms with Crippen molar-refractivity contribution in [3.05, 3.63) is 0 Å². The lowest BCUT2D eigenvalue weighted by molar-refractivity contribution is 0.217. The maximum Gasteiger partial charge on any atom is 0.317 e. The number of nitrogens with zero attached hydrogens (tertiary/aromatic N) is 1. The lowest BCUT2D eigenvalue weighted by Gasteiger charge is -2.17. The van der Waals surface area contributed by atoms with Crippen molar-refractivity contribution in [1.82, 2.24) is 15.5 Å². The summed E-state index contributed by atoms with van der Waals surface area (Å²) in [5, 5.41) is 6.27. The molecule has 1 atom stereocenters. The molecule has 80 valence electrons. The zero-order valence-corrected chi connectivity index (χ0v) is 8.75. The Morgan fingerprint density at radius 1 is 1.64 bits per heavy atom. The van der Waals surface area contributed by atoms with Crippen molar-refractivity contribution < 1.29 is 4.79 Å². The van der Waals surface area contributed by atoms with Gasteiger partial charge >= 0.3 is 6.03 Å². The van der Waals surface area contributed by atoms with Crippen LogP contribution < -0.4 is 10.6 Å². The maximum atomic E-state index is 11.2. The van der Waals surface area contributed by atoms with Crippen molar-refractivity contribution in [2.75, 3.05) is 26.2 Å². The van der Waals surface area contributed by atoms with Crippen molar-refractivity contribution in [2.45, 2.75) is 25.8 Å². The largest absolute Gasteiger partial charge is 0.336 e. The maximum absolute atomic E-state index is 11.2. The number of nitrogens with one attached hydrogen (secondary N) is 2. The van der Waals surface area contributed by atoms with Crippen molar-refractivity contribution in [3.63, 3.8) is 0 Å². The Labute approximate surface area is 85.0 Å². The van der Waals surface area contributed by atoms with E-state index in [4.69, 9.17) is 0 Å². The monoisotopic (exact) mass is 197 g/mol. The van der Waals surface area contributed by atoms with E-state index in [1.807, 2.05) is 4.90 Å². The highest BCUT2D eigenvalue weighted by atomic mass is 16.2. The second-order valence-electron chi connectivity index (χ2n) is 4.30. The van der Waals surface area contributed by atoms with Gasteiger partial charge in [-0.1, -0.05) is 0 Å². The first-order chi connectivity index (χ1) is 6.77. The van der Waals surface area contributed by atoms with E-state index in [0.29, 0.717) is 6.04 Å². The second-order valence-corrected chi connectivity index (χ2v) is 4.30. The van der Waals surface area contributed by atoms with Gasteiger partial charge in [0.05, 0.1) is 0 Å². The van der Waals surface area contributed by atoms with Crippen molar-refractivity contribution >= 4 is 6.03 Å². The fraction of sp³-hybridized carbons (Fsp3) is 0.900. The third-order valence-electron chi connectivity index (χ3n) is 3.12. The van der Waals surface area contributed by atoms with Crippen molar-refractivity contribution in [2.24, 2.45) is 5.92 Å². The summed E-state index contributed by atoms with van der Waals surface area (Å²) in [5.41, 5.74) is 0. The Kier molecular flexibility index (Phi) is 2.91. The van der Waals surface area contributed by atoms with Gasteiger partial charge in [-0.15, -0.1) is 0 Å². The van der Waals surface area contributed by atoms with Crippen LogP contribution >= 0.6 is 0 Å². The van der Waals surface area contributed by atoms with Crippen LogP contribution in [0.25, 0.3) is 0 Å². The topological polar surface area (TPSA) is 44.4 Å². The van der Waals surface area contributed by atoms with Crippen LogP contribution in [0.3, 0.4) is 0 Å². The Balaban J connectivity index is 1.59. The predicted octanol–water partition coefficient (Wildman–Crippen LogP) is 0.400. The summed E-state index contributed by atoms with van der Waals surface area (Å²) in [5.74, 6) is 0.891. The molecule has 14 heavy (non-hydrogen) atoms. The molecule has 1 unspecified atom stereocenters. The van der Waals surface area contributed by atoms with Crippen LogP contribution in [0.4, 0.5) is 4.79 Å². The number of rotatable bonds is 5. The van der Waals surface area contributed by atoms with Gasteiger partial charge < -0.3 is 15.5 Å². The average Bonchev–Trinajstić information content (AvgIpc) is 2.93. The minimum absolute atomic E-state index is 0.0888. The van der Waals surface area contributed by atoms with Gasteiger partial charge in [-0.3, -0.25) is 0 Å². The Hall–Kier alpha value is -0.770. The molecule has 0 aromatic heterocycles. The predicted molar refractivity (Wildman–Crippen MR) is 55.2 cm³/mol. The van der Waals surface area contributed by atoms with E-state index >= 15 is 0 Å². The SMILES string of the molecule is CC(NCCN1CCNC1=O)C1CC1. The van der Waals surface area contributed by atoms with Crippen LogP contribution in [0.15, 0.2) is 0 Å². The van der Waals surface area contributed by atoms with Gasteiger partial charge in [0.2, 0.25) is 0 Å². The summed E-state index contributed by atoms with van der Waals surface area (Å²) in [6, 6.07) is 0.714. The van der Waals surface area contributed by atoms with Gasteiger partial charge in [-0.05, 0) is 25.7 Å². The first-order valence-corrected chi connectivity index (χ1v) is 5.53. The van der Waals surface area contributed by atoms with E-state index in [-0.39, 0.29) is 6.03 Å². The molecule has 1 saturated heterocycles. The molecule has 1 aliphatic heterocycles. The van der Waals surface area contributed by atoms with Gasteiger partial charge in [-0.25, -0.2) is 4.79 Å². The van der Waals surface area contributed by atoms with Crippen molar-refractivity contribution in [3.8, 4) is 0 Å². The number of carbonyl (C=O) groups excluding carboxylic acids is 1. The van der Waals surface area contributed by atoms with Gasteiger partial charge in [0.25, 0.3) is 0 Å². The Morgan fingerprint density at radius 3 is 3.00 bits per heavy atom. The van der Waals surface area contributed by atoms with Crippen LogP contribution in [0.5, 0.6) is 0 Å². The number of urea groups is 1. The van der Waals surface area contributed by atoms with E-state index in [1.165, 1.54) is 12.8 Å². The molecule has 1 saturated carbocycles. The molecule has 2 amide bonds. The molecule has 0 radical (unpaired) electrons. The van der Waals surface area contributed by atoms with E-state index in [1.54, 1.807) is 0 Å². The standard InChI is InChI=1S/C10H19N3O/c1-8(9-2-3-9)11-4-6-13-7-5-12-10(13)14/h8-9,11H,2-7H2,1H3,(H,12,14). The first-order valence-electron chi connectivity index (χ1n) is 5.53. The Bertz CT molecular complexity index is 215. The molecule has 4 nitrogen and oxygen atoms in total. The minimum atomic E-state index is 0.0888. The number of hydrogen-bond donors (Lipinski definition) is 2. The van der Waals surface area contributed by atoms with Gasteiger partial charge in [0, 0.05) is 32.2 Å². The Morgan fingerprint density at radius 2 is 2.43 bits per heavy atom. The fourth-order valence-electron chi connectivity index (χ4n) is 1.91. The highest BCUT2D eigenvalue weighted by Gasteiger charge is 2.27. The van der Waals surface area contributed by atoms with Crippen LogP contribution in [0.2, 0.25) is 0 Å². The normalized spacial score (nSPS) is 23.8. The summed E-state index contributed by atoms with van der Waals surface area (Å²) < 4.78 is 0. The second kappa shape index (κ2) is 4.17. The van der Waals surface area contributed by atoms with Crippen molar-refractivity contribution in [1.29, 1.82) is 0 Å². The molecule has 1 aliphatic carbocycles. The lowest BCUT2D eigenvalue weighted by Crippen LogP contribution is -2.38. The molecular formula is C10H19N3O. The molecule has 2 N–H and O–H groups in total. The lowest BCUT2D eigenvalue weighted by atomic mass is 10.2. The van der Waals surface area contributed by atoms with Crippen LogP contribution in [0, 0.1) is 5.92 Å². The molecule has 0 aromatic carbocycles. The number of carbonyl (C=O) groups is 1. The van der Waals surface area contributed by atoms with E-state index in [9.17, 15) is 4.79 Å². The quantitative estimate of drug-likeness (QED) is 0.670. The van der Waals surface area contributed by atoms with Crippen LogP contribution in [-0.4, -0.2) is 43.2 Å². The molecule has 2 fully saturated rings. The molecule has 0 spiro atoms. The zero-order valence-electron chi connectivity index (χ0n) is 8.75. The van der Waals surface area contributed by atoms with E-state index in [0.717, 1.165) is 32.1 Å². The van der Waals surface area contributed by atoms with E-state index in [2.05, 4.69) is 17.6 Å². The average molecular weight is 197 g/mol.